The molecule has 0 saturated heterocycles. The topological polar surface area (TPSA) is 45.2 Å². The zero-order valence-electron chi connectivity index (χ0n) is 20.1. The zero-order valence-corrected chi connectivity index (χ0v) is 20.9. The smallest absolute Gasteiger partial charge is 0.236 e. The van der Waals surface area contributed by atoms with E-state index in [4.69, 9.17) is 4.98 Å². The van der Waals surface area contributed by atoms with E-state index in [2.05, 4.69) is 22.6 Å². The Kier molecular flexibility index (Phi) is 7.24. The third kappa shape index (κ3) is 5.46. The van der Waals surface area contributed by atoms with Crippen LogP contribution in [0, 0.1) is 0 Å². The van der Waals surface area contributed by atoms with E-state index in [1.165, 1.54) is 32.1 Å². The summed E-state index contributed by atoms with van der Waals surface area (Å²) in [6.45, 7) is 0. The minimum absolute atomic E-state index is 0.0415. The van der Waals surface area contributed by atoms with Gasteiger partial charge in [-0.3, -0.25) is 4.79 Å². The molecule has 5 rings (SSSR count). The zero-order chi connectivity index (χ0) is 24.0. The van der Waals surface area contributed by atoms with E-state index in [1.54, 1.807) is 11.3 Å². The van der Waals surface area contributed by atoms with Crippen LogP contribution in [0.2, 0.25) is 0 Å². The Bertz CT molecular complexity index is 1190. The van der Waals surface area contributed by atoms with Crippen molar-refractivity contribution in [2.45, 2.75) is 44.1 Å². The van der Waals surface area contributed by atoms with Gasteiger partial charge in [-0.15, -0.1) is 11.3 Å². The molecule has 1 fully saturated rings. The van der Waals surface area contributed by atoms with Crippen LogP contribution >= 0.6 is 11.3 Å². The fourth-order valence-electron chi connectivity index (χ4n) is 4.91. The summed E-state index contributed by atoms with van der Waals surface area (Å²) in [5.41, 5.74) is 4.78. The number of amides is 1. The molecular weight excluding hydrogens is 450 g/mol. The van der Waals surface area contributed by atoms with E-state index in [0.29, 0.717) is 6.04 Å². The number of aromatic nitrogens is 1. The average molecular weight is 482 g/mol. The van der Waals surface area contributed by atoms with Crippen molar-refractivity contribution < 1.29 is 4.79 Å². The molecule has 0 spiro atoms. The molecular formula is C30H31N3OS. The fourth-order valence-corrected chi connectivity index (χ4v) is 5.78. The minimum atomic E-state index is -0.367. The first-order valence-electron chi connectivity index (χ1n) is 12.4. The van der Waals surface area contributed by atoms with Crippen molar-refractivity contribution in [1.82, 2.24) is 4.98 Å². The summed E-state index contributed by atoms with van der Waals surface area (Å²) in [4.78, 5) is 20.6. The first-order chi connectivity index (χ1) is 17.2. The largest absolute Gasteiger partial charge is 0.348 e. The molecule has 1 amide bonds. The molecule has 178 valence electrons. The molecule has 1 aliphatic carbocycles. The highest BCUT2D eigenvalue weighted by Gasteiger charge is 2.23. The molecule has 1 aliphatic rings. The number of thiazole rings is 1. The number of carbonyl (C=O) groups is 1. The second-order valence-electron chi connectivity index (χ2n) is 9.24. The van der Waals surface area contributed by atoms with Gasteiger partial charge in [-0.05, 0) is 36.1 Å². The van der Waals surface area contributed by atoms with Gasteiger partial charge in [-0.25, -0.2) is 4.98 Å². The molecule has 1 aromatic heterocycles. The maximum absolute atomic E-state index is 13.4. The highest BCUT2D eigenvalue weighted by Crippen LogP contribution is 2.32. The van der Waals surface area contributed by atoms with Crippen molar-refractivity contribution in [2.75, 3.05) is 17.3 Å². The molecule has 3 aromatic carbocycles. The van der Waals surface area contributed by atoms with E-state index >= 15 is 0 Å². The molecule has 1 heterocycles. The molecule has 4 nitrogen and oxygen atoms in total. The molecule has 0 bridgehead atoms. The van der Waals surface area contributed by atoms with Crippen molar-refractivity contribution in [3.8, 4) is 11.3 Å². The minimum Gasteiger partial charge on any atom is -0.348 e. The maximum Gasteiger partial charge on any atom is 0.236 e. The van der Waals surface area contributed by atoms with Crippen molar-refractivity contribution in [3.63, 3.8) is 0 Å². The molecule has 4 aromatic rings. The molecule has 0 aliphatic heterocycles. The summed E-state index contributed by atoms with van der Waals surface area (Å²) in [7, 11) is 2.17. The first-order valence-corrected chi connectivity index (χ1v) is 13.3. The lowest BCUT2D eigenvalue weighted by molar-refractivity contribution is -0.116. The molecule has 35 heavy (non-hydrogen) atoms. The summed E-state index contributed by atoms with van der Waals surface area (Å²) in [5, 5.41) is 6.33. The molecule has 1 N–H and O–H groups in total. The second kappa shape index (κ2) is 10.9. The van der Waals surface area contributed by atoms with Gasteiger partial charge in [-0.1, -0.05) is 92.1 Å². The lowest BCUT2D eigenvalue weighted by Crippen LogP contribution is -2.33. The highest BCUT2D eigenvalue weighted by atomic mass is 32.1. The Balaban J connectivity index is 1.30. The normalized spacial score (nSPS) is 14.1. The molecule has 1 saturated carbocycles. The van der Waals surface area contributed by atoms with Crippen molar-refractivity contribution in [1.29, 1.82) is 0 Å². The highest BCUT2D eigenvalue weighted by molar-refractivity contribution is 7.14. The third-order valence-electron chi connectivity index (χ3n) is 6.89. The summed E-state index contributed by atoms with van der Waals surface area (Å²) in [6, 6.07) is 28.5. The number of benzene rings is 3. The third-order valence-corrected chi connectivity index (χ3v) is 7.82. The molecule has 0 radical (unpaired) electrons. The second-order valence-corrected chi connectivity index (χ2v) is 10.1. The van der Waals surface area contributed by atoms with Gasteiger partial charge >= 0.3 is 0 Å². The van der Waals surface area contributed by atoms with E-state index in [-0.39, 0.29) is 11.8 Å². The van der Waals surface area contributed by atoms with Gasteiger partial charge < -0.3 is 10.2 Å². The molecule has 0 unspecified atom stereocenters. The predicted molar refractivity (Wildman–Crippen MR) is 146 cm³/mol. The van der Waals surface area contributed by atoms with Gasteiger partial charge in [0.05, 0.1) is 11.6 Å². The SMILES string of the molecule is CN(c1nc(-c2ccc(NC(=O)C(c3ccccc3)c3ccccc3)cc2)cs1)C1CCCCC1. The van der Waals surface area contributed by atoms with Crippen LogP contribution in [0.25, 0.3) is 11.3 Å². The lowest BCUT2D eigenvalue weighted by atomic mass is 9.90. The summed E-state index contributed by atoms with van der Waals surface area (Å²) >= 11 is 1.71. The predicted octanol–water partition coefficient (Wildman–Crippen LogP) is 7.35. The van der Waals surface area contributed by atoms with Crippen LogP contribution in [0.3, 0.4) is 0 Å². The van der Waals surface area contributed by atoms with Gasteiger partial charge in [0.2, 0.25) is 5.91 Å². The van der Waals surface area contributed by atoms with Crippen LogP contribution in [0.5, 0.6) is 0 Å². The number of nitrogens with zero attached hydrogens (tertiary/aromatic N) is 2. The van der Waals surface area contributed by atoms with Crippen LogP contribution in [0.4, 0.5) is 10.8 Å². The number of nitrogens with one attached hydrogen (secondary N) is 1. The quantitative estimate of drug-likeness (QED) is 0.300. The van der Waals surface area contributed by atoms with Crippen molar-refractivity contribution in [2.24, 2.45) is 0 Å². The maximum atomic E-state index is 13.4. The Morgan fingerprint density at radius 1 is 0.886 bits per heavy atom. The summed E-state index contributed by atoms with van der Waals surface area (Å²) in [6.07, 6.45) is 6.50. The molecule has 0 atom stereocenters. The van der Waals surface area contributed by atoms with Gasteiger partial charge in [0, 0.05) is 29.7 Å². The fraction of sp³-hybridized carbons (Fsp3) is 0.267. The van der Waals surface area contributed by atoms with Gasteiger partial charge in [0.1, 0.15) is 0 Å². The summed E-state index contributed by atoms with van der Waals surface area (Å²) < 4.78 is 0. The van der Waals surface area contributed by atoms with Gasteiger partial charge in [0.15, 0.2) is 5.13 Å². The van der Waals surface area contributed by atoms with E-state index in [0.717, 1.165) is 33.2 Å². The number of anilines is 2. The lowest BCUT2D eigenvalue weighted by Gasteiger charge is -2.30. The average Bonchev–Trinajstić information content (AvgIpc) is 3.41. The first kappa shape index (κ1) is 23.3. The van der Waals surface area contributed by atoms with Gasteiger partial charge in [0.25, 0.3) is 0 Å². The Hall–Kier alpha value is -3.44. The van der Waals surface area contributed by atoms with Crippen molar-refractivity contribution in [3.05, 3.63) is 101 Å². The van der Waals surface area contributed by atoms with Crippen LogP contribution in [-0.2, 0) is 4.79 Å². The monoisotopic (exact) mass is 481 g/mol. The van der Waals surface area contributed by atoms with Crippen LogP contribution < -0.4 is 10.2 Å². The van der Waals surface area contributed by atoms with Crippen LogP contribution in [-0.4, -0.2) is 24.0 Å². The molecule has 5 heteroatoms. The van der Waals surface area contributed by atoms with E-state index < -0.39 is 0 Å². The Morgan fingerprint density at radius 2 is 1.49 bits per heavy atom. The van der Waals surface area contributed by atoms with E-state index in [1.807, 2.05) is 84.9 Å². The van der Waals surface area contributed by atoms with Crippen molar-refractivity contribution >= 4 is 28.1 Å². The number of hydrogen-bond donors (Lipinski definition) is 1. The van der Waals surface area contributed by atoms with Crippen LogP contribution in [0.15, 0.2) is 90.3 Å². The number of carbonyl (C=O) groups excluding carboxylic acids is 1. The standard InChI is InChI=1S/C30H31N3OS/c1-33(26-15-9-4-10-16-26)30-32-27(21-35-30)22-17-19-25(20-18-22)31-29(34)28(23-11-5-2-6-12-23)24-13-7-3-8-14-24/h2-3,5-8,11-14,17-21,26,28H,4,9-10,15-16H2,1H3,(H,31,34). The number of rotatable bonds is 7. The van der Waals surface area contributed by atoms with Crippen LogP contribution in [0.1, 0.15) is 49.1 Å². The Labute approximate surface area is 211 Å². The van der Waals surface area contributed by atoms with E-state index in [9.17, 15) is 4.79 Å². The van der Waals surface area contributed by atoms with Gasteiger partial charge in [-0.2, -0.15) is 0 Å². The Morgan fingerprint density at radius 3 is 2.09 bits per heavy atom. The summed E-state index contributed by atoms with van der Waals surface area (Å²) in [5.74, 6) is -0.409. The number of hydrogen-bond acceptors (Lipinski definition) is 4.